The summed E-state index contributed by atoms with van der Waals surface area (Å²) >= 11 is 0. The topological polar surface area (TPSA) is 45.3 Å². The van der Waals surface area contributed by atoms with Crippen molar-refractivity contribution in [3.8, 4) is 5.75 Å². The first-order valence-corrected chi connectivity index (χ1v) is 7.75. The molecule has 0 amide bonds. The zero-order valence-electron chi connectivity index (χ0n) is 13.6. The van der Waals surface area contributed by atoms with Crippen LogP contribution in [0.25, 0.3) is 0 Å². The van der Waals surface area contributed by atoms with Gasteiger partial charge in [0.2, 0.25) is 5.43 Å². The summed E-state index contributed by atoms with van der Waals surface area (Å²) in [5.74, 6) is 0.425. The van der Waals surface area contributed by atoms with Crippen molar-refractivity contribution in [1.29, 1.82) is 0 Å². The van der Waals surface area contributed by atoms with Gasteiger partial charge < -0.3 is 9.72 Å². The molecule has 1 aromatic heterocycles. The first kappa shape index (κ1) is 16.3. The maximum absolute atomic E-state index is 12.6. The molecule has 0 saturated carbocycles. The summed E-state index contributed by atoms with van der Waals surface area (Å²) in [6.07, 6.45) is 1.80. The number of rotatable bonds is 7. The molecule has 1 aromatic carbocycles. The average Bonchev–Trinajstić information content (AvgIpc) is 2.55. The van der Waals surface area contributed by atoms with Crippen molar-refractivity contribution in [3.63, 3.8) is 0 Å². The summed E-state index contributed by atoms with van der Waals surface area (Å²) < 4.78 is 5.78. The van der Waals surface area contributed by atoms with Crippen molar-refractivity contribution in [1.82, 2.24) is 9.88 Å². The Hall–Kier alpha value is -2.07. The van der Waals surface area contributed by atoms with E-state index in [1.807, 2.05) is 37.3 Å². The molecular weight excluding hydrogens is 276 g/mol. The molecule has 0 saturated heterocycles. The van der Waals surface area contributed by atoms with E-state index in [1.54, 1.807) is 6.20 Å². The third-order valence-electron chi connectivity index (χ3n) is 3.82. The first-order valence-electron chi connectivity index (χ1n) is 7.75. The van der Waals surface area contributed by atoms with E-state index in [9.17, 15) is 4.79 Å². The zero-order valence-corrected chi connectivity index (χ0v) is 13.6. The molecule has 0 fully saturated rings. The molecule has 0 bridgehead atoms. The van der Waals surface area contributed by atoms with Gasteiger partial charge in [0.25, 0.3) is 0 Å². The van der Waals surface area contributed by atoms with Crippen LogP contribution in [-0.2, 0) is 13.2 Å². The van der Waals surface area contributed by atoms with Crippen LogP contribution in [0, 0.1) is 6.92 Å². The van der Waals surface area contributed by atoms with Crippen LogP contribution in [0.1, 0.15) is 30.7 Å². The molecule has 0 aliphatic carbocycles. The molecule has 0 atom stereocenters. The van der Waals surface area contributed by atoms with Crippen LogP contribution in [0.2, 0.25) is 0 Å². The molecule has 0 aliphatic heterocycles. The van der Waals surface area contributed by atoms with Crippen LogP contribution in [0.5, 0.6) is 5.75 Å². The summed E-state index contributed by atoms with van der Waals surface area (Å²) in [6.45, 7) is 8.94. The molecule has 0 aliphatic rings. The number of aromatic amines is 1. The molecule has 118 valence electrons. The van der Waals surface area contributed by atoms with Gasteiger partial charge in [0.1, 0.15) is 6.61 Å². The molecule has 0 spiro atoms. The standard InChI is InChI=1S/C18H24N2O2/c1-4-20(5-2)12-16-11-19-14(3)18(17(16)21)22-13-15-9-7-6-8-10-15/h6-11H,4-5,12-13H2,1-3H3,(H,19,21). The monoisotopic (exact) mass is 300 g/mol. The number of nitrogens with zero attached hydrogens (tertiary/aromatic N) is 1. The van der Waals surface area contributed by atoms with Gasteiger partial charge in [-0.3, -0.25) is 9.69 Å². The highest BCUT2D eigenvalue weighted by molar-refractivity contribution is 5.31. The van der Waals surface area contributed by atoms with Gasteiger partial charge in [0.05, 0.1) is 5.69 Å². The minimum absolute atomic E-state index is 0.0147. The molecule has 0 unspecified atom stereocenters. The molecular formula is C18H24N2O2. The van der Waals surface area contributed by atoms with Gasteiger partial charge in [-0.25, -0.2) is 0 Å². The molecule has 2 aromatic rings. The fourth-order valence-corrected chi connectivity index (χ4v) is 2.35. The maximum Gasteiger partial charge on any atom is 0.228 e. The van der Waals surface area contributed by atoms with Gasteiger partial charge in [-0.15, -0.1) is 0 Å². The Morgan fingerprint density at radius 1 is 1.14 bits per heavy atom. The molecule has 2 rings (SSSR count). The largest absolute Gasteiger partial charge is 0.483 e. The second kappa shape index (κ2) is 7.80. The van der Waals surface area contributed by atoms with Crippen molar-refractivity contribution in [2.45, 2.75) is 33.9 Å². The van der Waals surface area contributed by atoms with Crippen molar-refractivity contribution < 1.29 is 4.74 Å². The van der Waals surface area contributed by atoms with Crippen LogP contribution < -0.4 is 10.2 Å². The van der Waals surface area contributed by atoms with Gasteiger partial charge in [-0.2, -0.15) is 0 Å². The molecule has 4 nitrogen and oxygen atoms in total. The highest BCUT2D eigenvalue weighted by Crippen LogP contribution is 2.13. The number of aryl methyl sites for hydroxylation is 1. The third kappa shape index (κ3) is 3.98. The Morgan fingerprint density at radius 2 is 1.82 bits per heavy atom. The fourth-order valence-electron chi connectivity index (χ4n) is 2.35. The summed E-state index contributed by atoms with van der Waals surface area (Å²) in [4.78, 5) is 18.0. The van der Waals surface area contributed by atoms with E-state index in [4.69, 9.17) is 4.74 Å². The lowest BCUT2D eigenvalue weighted by atomic mass is 10.2. The van der Waals surface area contributed by atoms with Crippen LogP contribution in [-0.4, -0.2) is 23.0 Å². The average molecular weight is 300 g/mol. The van der Waals surface area contributed by atoms with Crippen molar-refractivity contribution in [2.24, 2.45) is 0 Å². The van der Waals surface area contributed by atoms with E-state index < -0.39 is 0 Å². The molecule has 1 heterocycles. The lowest BCUT2D eigenvalue weighted by Crippen LogP contribution is -2.26. The number of H-pyrrole nitrogens is 1. The van der Waals surface area contributed by atoms with Crippen LogP contribution >= 0.6 is 0 Å². The number of pyridine rings is 1. The number of hydrogen-bond acceptors (Lipinski definition) is 3. The number of nitrogens with one attached hydrogen (secondary N) is 1. The predicted octanol–water partition coefficient (Wildman–Crippen LogP) is 3.10. The van der Waals surface area contributed by atoms with Gasteiger partial charge in [-0.05, 0) is 25.6 Å². The highest BCUT2D eigenvalue weighted by Gasteiger charge is 2.12. The minimum Gasteiger partial charge on any atom is -0.483 e. The van der Waals surface area contributed by atoms with Gasteiger partial charge in [0, 0.05) is 18.3 Å². The van der Waals surface area contributed by atoms with Gasteiger partial charge in [0.15, 0.2) is 5.75 Å². The van der Waals surface area contributed by atoms with E-state index in [1.165, 1.54) is 0 Å². The SMILES string of the molecule is CCN(CC)Cc1c[nH]c(C)c(OCc2ccccc2)c1=O. The second-order valence-corrected chi connectivity index (χ2v) is 5.33. The Labute approximate surface area is 131 Å². The summed E-state index contributed by atoms with van der Waals surface area (Å²) in [5.41, 5.74) is 2.55. The van der Waals surface area contributed by atoms with Gasteiger partial charge >= 0.3 is 0 Å². The number of ether oxygens (including phenoxy) is 1. The lowest BCUT2D eigenvalue weighted by Gasteiger charge is -2.18. The van der Waals surface area contributed by atoms with E-state index in [0.717, 1.165) is 29.9 Å². The van der Waals surface area contributed by atoms with Crippen LogP contribution in [0.4, 0.5) is 0 Å². The summed E-state index contributed by atoms with van der Waals surface area (Å²) in [7, 11) is 0. The van der Waals surface area contributed by atoms with Crippen molar-refractivity contribution >= 4 is 0 Å². The molecule has 0 radical (unpaired) electrons. The predicted molar refractivity (Wildman–Crippen MR) is 89.2 cm³/mol. The van der Waals surface area contributed by atoms with E-state index in [-0.39, 0.29) is 5.43 Å². The zero-order chi connectivity index (χ0) is 15.9. The molecule has 4 heteroatoms. The molecule has 22 heavy (non-hydrogen) atoms. The Kier molecular flexibility index (Phi) is 5.78. The van der Waals surface area contributed by atoms with Crippen LogP contribution in [0.3, 0.4) is 0 Å². The van der Waals surface area contributed by atoms with Crippen molar-refractivity contribution in [2.75, 3.05) is 13.1 Å². The lowest BCUT2D eigenvalue weighted by molar-refractivity contribution is 0.286. The number of aromatic nitrogens is 1. The summed E-state index contributed by atoms with van der Waals surface area (Å²) in [6, 6.07) is 9.87. The van der Waals surface area contributed by atoms with E-state index >= 15 is 0 Å². The van der Waals surface area contributed by atoms with Gasteiger partial charge in [-0.1, -0.05) is 44.2 Å². The Balaban J connectivity index is 2.18. The minimum atomic E-state index is -0.0147. The first-order chi connectivity index (χ1) is 10.7. The second-order valence-electron chi connectivity index (χ2n) is 5.33. The highest BCUT2D eigenvalue weighted by atomic mass is 16.5. The number of benzene rings is 1. The molecule has 1 N–H and O–H groups in total. The van der Waals surface area contributed by atoms with Crippen LogP contribution in [0.15, 0.2) is 41.3 Å². The number of hydrogen-bond donors (Lipinski definition) is 1. The third-order valence-corrected chi connectivity index (χ3v) is 3.82. The maximum atomic E-state index is 12.6. The normalized spacial score (nSPS) is 10.9. The van der Waals surface area contributed by atoms with Crippen molar-refractivity contribution in [3.05, 3.63) is 63.6 Å². The van der Waals surface area contributed by atoms with E-state index in [0.29, 0.717) is 18.9 Å². The Bertz CT molecular complexity index is 646. The fraction of sp³-hybridized carbons (Fsp3) is 0.389. The summed E-state index contributed by atoms with van der Waals surface area (Å²) in [5, 5.41) is 0. The smallest absolute Gasteiger partial charge is 0.228 e. The quantitative estimate of drug-likeness (QED) is 0.854. The Morgan fingerprint density at radius 3 is 2.45 bits per heavy atom. The van der Waals surface area contributed by atoms with E-state index in [2.05, 4.69) is 23.7 Å².